The van der Waals surface area contributed by atoms with Gasteiger partial charge in [-0.15, -0.1) is 0 Å². The van der Waals surface area contributed by atoms with E-state index in [1.165, 1.54) is 18.5 Å². The van der Waals surface area contributed by atoms with Crippen LogP contribution in [0.2, 0.25) is 0 Å². The molecule has 10 heteroatoms. The van der Waals surface area contributed by atoms with Crippen molar-refractivity contribution in [1.29, 1.82) is 0 Å². The van der Waals surface area contributed by atoms with Crippen molar-refractivity contribution in [1.82, 2.24) is 14.9 Å². The molecular formula is C16H14F5N3O2. The predicted molar refractivity (Wildman–Crippen MR) is 81.8 cm³/mol. The van der Waals surface area contributed by atoms with Gasteiger partial charge >= 0.3 is 12.1 Å². The molecule has 0 bridgehead atoms. The number of nitrogens with zero attached hydrogens (tertiary/aromatic N) is 2. The van der Waals surface area contributed by atoms with Crippen LogP contribution in [0.4, 0.5) is 22.0 Å². The third-order valence-corrected chi connectivity index (χ3v) is 3.69. The van der Waals surface area contributed by atoms with Crippen molar-refractivity contribution in [3.8, 4) is 0 Å². The van der Waals surface area contributed by atoms with Crippen LogP contribution in [0.25, 0.3) is 0 Å². The molecule has 1 amide bonds. The van der Waals surface area contributed by atoms with Gasteiger partial charge in [0.2, 0.25) is 0 Å². The van der Waals surface area contributed by atoms with Gasteiger partial charge in [-0.2, -0.15) is 22.0 Å². The number of amides is 1. The van der Waals surface area contributed by atoms with Gasteiger partial charge in [-0.3, -0.25) is 9.59 Å². The molecule has 0 aliphatic rings. The molecule has 26 heavy (non-hydrogen) atoms. The Morgan fingerprint density at radius 1 is 1.15 bits per heavy atom. The van der Waals surface area contributed by atoms with Crippen LogP contribution in [-0.2, 0) is 13.0 Å². The molecule has 0 spiro atoms. The van der Waals surface area contributed by atoms with E-state index in [2.05, 4.69) is 10.3 Å². The molecule has 0 radical (unpaired) electrons. The van der Waals surface area contributed by atoms with Gasteiger partial charge < -0.3 is 9.88 Å². The van der Waals surface area contributed by atoms with Crippen LogP contribution in [0, 0.1) is 0 Å². The Morgan fingerprint density at radius 2 is 1.73 bits per heavy atom. The minimum Gasteiger partial charge on any atom is -0.344 e. The maximum Gasteiger partial charge on any atom is 0.458 e. The van der Waals surface area contributed by atoms with Crippen molar-refractivity contribution < 1.29 is 26.7 Å². The molecule has 140 valence electrons. The number of benzene rings is 1. The Morgan fingerprint density at radius 3 is 2.23 bits per heavy atom. The number of hydrogen-bond acceptors (Lipinski definition) is 3. The highest BCUT2D eigenvalue weighted by Crippen LogP contribution is 2.43. The molecule has 2 aromatic rings. The van der Waals surface area contributed by atoms with E-state index < -0.39 is 35.2 Å². The second-order valence-corrected chi connectivity index (χ2v) is 5.61. The van der Waals surface area contributed by atoms with Crippen LogP contribution in [0.3, 0.4) is 0 Å². The standard InChI is InChI=1S/C16H14F5N3O2/c1-9(23-14(26)12-7-13(25)24(2)8-22-12)10-3-5-11(6-4-10)15(17,18)16(19,20)21/h3-9H,1-2H3,(H,23,26)/t9-/m0/s1. The monoisotopic (exact) mass is 375 g/mol. The zero-order valence-corrected chi connectivity index (χ0v) is 13.6. The lowest BCUT2D eigenvalue weighted by molar-refractivity contribution is -0.289. The number of hydrogen-bond donors (Lipinski definition) is 1. The van der Waals surface area contributed by atoms with Gasteiger partial charge in [-0.25, -0.2) is 4.98 Å². The first kappa shape index (κ1) is 19.5. The number of halogens is 5. The Hall–Kier alpha value is -2.78. The lowest BCUT2D eigenvalue weighted by Gasteiger charge is -2.21. The summed E-state index contributed by atoms with van der Waals surface area (Å²) in [5.74, 6) is -5.65. The highest BCUT2D eigenvalue weighted by Gasteiger charge is 2.58. The number of rotatable bonds is 4. The van der Waals surface area contributed by atoms with Crippen LogP contribution < -0.4 is 10.9 Å². The second-order valence-electron chi connectivity index (χ2n) is 5.61. The smallest absolute Gasteiger partial charge is 0.344 e. The summed E-state index contributed by atoms with van der Waals surface area (Å²) in [6, 6.07) is 3.76. The summed E-state index contributed by atoms with van der Waals surface area (Å²) in [7, 11) is 1.46. The fraction of sp³-hybridized carbons (Fsp3) is 0.312. The molecule has 1 aromatic heterocycles. The maximum absolute atomic E-state index is 13.3. The normalized spacial score (nSPS) is 13.3. The Balaban J connectivity index is 2.15. The summed E-state index contributed by atoms with van der Waals surface area (Å²) in [5, 5.41) is 2.49. The van der Waals surface area contributed by atoms with Crippen LogP contribution in [0.5, 0.6) is 0 Å². The first-order valence-corrected chi connectivity index (χ1v) is 7.32. The summed E-state index contributed by atoms with van der Waals surface area (Å²) in [6.07, 6.45) is -4.53. The summed E-state index contributed by atoms with van der Waals surface area (Å²) in [6.45, 7) is 1.51. The Bertz CT molecular complexity index is 859. The zero-order valence-electron chi connectivity index (χ0n) is 13.6. The van der Waals surface area contributed by atoms with Gasteiger partial charge in [0.1, 0.15) is 5.69 Å². The van der Waals surface area contributed by atoms with Gasteiger partial charge in [0.15, 0.2) is 0 Å². The Labute approximate surface area is 144 Å². The average molecular weight is 375 g/mol. The second kappa shape index (κ2) is 6.85. The summed E-state index contributed by atoms with van der Waals surface area (Å²) < 4.78 is 64.8. The zero-order chi connectivity index (χ0) is 19.7. The van der Waals surface area contributed by atoms with Crippen LogP contribution in [-0.4, -0.2) is 21.6 Å². The third-order valence-electron chi connectivity index (χ3n) is 3.69. The van der Waals surface area contributed by atoms with E-state index in [0.29, 0.717) is 17.7 Å². The fourth-order valence-corrected chi connectivity index (χ4v) is 2.08. The predicted octanol–water partition coefficient (Wildman–Crippen LogP) is 2.93. The summed E-state index contributed by atoms with van der Waals surface area (Å²) in [5.41, 5.74) is -1.47. The van der Waals surface area contributed by atoms with Crippen molar-refractivity contribution in [2.75, 3.05) is 0 Å². The lowest BCUT2D eigenvalue weighted by Crippen LogP contribution is -2.33. The van der Waals surface area contributed by atoms with Crippen molar-refractivity contribution in [3.63, 3.8) is 0 Å². The molecule has 0 unspecified atom stereocenters. The molecule has 1 N–H and O–H groups in total. The molecule has 0 saturated carbocycles. The molecule has 2 rings (SSSR count). The van der Waals surface area contributed by atoms with E-state index in [1.54, 1.807) is 0 Å². The van der Waals surface area contributed by atoms with Gasteiger partial charge in [-0.1, -0.05) is 24.3 Å². The van der Waals surface area contributed by atoms with Gasteiger partial charge in [0.25, 0.3) is 11.5 Å². The van der Waals surface area contributed by atoms with Gasteiger partial charge in [-0.05, 0) is 12.5 Å². The molecule has 0 saturated heterocycles. The topological polar surface area (TPSA) is 64.0 Å². The molecule has 0 aliphatic heterocycles. The molecule has 0 fully saturated rings. The minimum absolute atomic E-state index is 0.139. The van der Waals surface area contributed by atoms with E-state index in [1.807, 2.05) is 0 Å². The van der Waals surface area contributed by atoms with E-state index in [-0.39, 0.29) is 5.69 Å². The van der Waals surface area contributed by atoms with E-state index in [9.17, 15) is 31.5 Å². The average Bonchev–Trinajstić information content (AvgIpc) is 2.56. The molecule has 0 aliphatic carbocycles. The lowest BCUT2D eigenvalue weighted by atomic mass is 10.0. The summed E-state index contributed by atoms with van der Waals surface area (Å²) in [4.78, 5) is 27.3. The first-order chi connectivity index (χ1) is 11.9. The van der Waals surface area contributed by atoms with Crippen molar-refractivity contribution in [3.05, 3.63) is 63.8 Å². The minimum atomic E-state index is -5.69. The SMILES string of the molecule is C[C@H](NC(=O)c1cc(=O)n(C)cn1)c1ccc(C(F)(F)C(F)(F)F)cc1. The molecule has 5 nitrogen and oxygen atoms in total. The Kier molecular flexibility index (Phi) is 5.15. The molecule has 1 aromatic carbocycles. The molecule has 1 atom stereocenters. The summed E-state index contributed by atoms with van der Waals surface area (Å²) >= 11 is 0. The van der Waals surface area contributed by atoms with Gasteiger partial charge in [0.05, 0.1) is 12.4 Å². The third kappa shape index (κ3) is 3.89. The van der Waals surface area contributed by atoms with Crippen molar-refractivity contribution >= 4 is 5.91 Å². The van der Waals surface area contributed by atoms with Crippen molar-refractivity contribution in [2.45, 2.75) is 25.1 Å². The number of carbonyl (C=O) groups excluding carboxylic acids is 1. The highest BCUT2D eigenvalue weighted by atomic mass is 19.4. The number of alkyl halides is 5. The molecule has 1 heterocycles. The fourth-order valence-electron chi connectivity index (χ4n) is 2.08. The maximum atomic E-state index is 13.3. The van der Waals surface area contributed by atoms with E-state index >= 15 is 0 Å². The van der Waals surface area contributed by atoms with Gasteiger partial charge in [0, 0.05) is 18.7 Å². The van der Waals surface area contributed by atoms with E-state index in [4.69, 9.17) is 0 Å². The molecular weight excluding hydrogens is 361 g/mol. The number of nitrogens with one attached hydrogen (secondary N) is 1. The number of carbonyl (C=O) groups is 1. The number of aryl methyl sites for hydroxylation is 1. The number of aromatic nitrogens is 2. The van der Waals surface area contributed by atoms with Crippen LogP contribution >= 0.6 is 0 Å². The highest BCUT2D eigenvalue weighted by molar-refractivity contribution is 5.92. The largest absolute Gasteiger partial charge is 0.458 e. The quantitative estimate of drug-likeness (QED) is 0.836. The van der Waals surface area contributed by atoms with Crippen molar-refractivity contribution in [2.24, 2.45) is 7.05 Å². The van der Waals surface area contributed by atoms with Crippen LogP contribution in [0.15, 0.2) is 41.5 Å². The van der Waals surface area contributed by atoms with Crippen LogP contribution in [0.1, 0.15) is 34.6 Å². The van der Waals surface area contributed by atoms with E-state index in [0.717, 1.165) is 24.5 Å². The first-order valence-electron chi connectivity index (χ1n) is 7.32.